The molecule has 0 bridgehead atoms. The average molecular weight is 322 g/mol. The Balaban J connectivity index is 2.23. The molecule has 0 amide bonds. The van der Waals surface area contributed by atoms with Gasteiger partial charge >= 0.3 is 0 Å². The lowest BCUT2D eigenvalue weighted by molar-refractivity contribution is 0.391. The van der Waals surface area contributed by atoms with Gasteiger partial charge in [0.2, 0.25) is 0 Å². The fourth-order valence-electron chi connectivity index (χ4n) is 2.20. The number of dihydropyridines is 1. The van der Waals surface area contributed by atoms with E-state index in [-0.39, 0.29) is 6.04 Å². The molecule has 0 fully saturated rings. The molecule has 0 aromatic carbocycles. The van der Waals surface area contributed by atoms with Crippen LogP contribution in [-0.4, -0.2) is 22.7 Å². The Morgan fingerprint density at radius 2 is 2.36 bits per heavy atom. The summed E-state index contributed by atoms with van der Waals surface area (Å²) < 4.78 is 0. The van der Waals surface area contributed by atoms with Crippen molar-refractivity contribution in [3.63, 3.8) is 0 Å². The van der Waals surface area contributed by atoms with Crippen LogP contribution in [0.25, 0.3) is 0 Å². The van der Waals surface area contributed by atoms with E-state index in [4.69, 9.17) is 11.6 Å². The summed E-state index contributed by atoms with van der Waals surface area (Å²) in [6, 6.07) is 0.101. The molecule has 122 valence electrons. The van der Waals surface area contributed by atoms with Gasteiger partial charge < -0.3 is 5.11 Å². The first-order chi connectivity index (χ1) is 10.7. The van der Waals surface area contributed by atoms with E-state index in [0.717, 1.165) is 44.9 Å². The van der Waals surface area contributed by atoms with Crippen LogP contribution >= 0.6 is 11.6 Å². The van der Waals surface area contributed by atoms with Gasteiger partial charge in [0.15, 0.2) is 0 Å². The van der Waals surface area contributed by atoms with Crippen LogP contribution in [0.1, 0.15) is 65.2 Å². The van der Waals surface area contributed by atoms with Crippen molar-refractivity contribution in [3.05, 3.63) is 23.5 Å². The molecule has 1 rings (SSSR count). The predicted octanol–water partition coefficient (Wildman–Crippen LogP) is 5.58. The molecule has 1 aliphatic heterocycles. The molecule has 1 aliphatic rings. The van der Waals surface area contributed by atoms with Crippen molar-refractivity contribution in [2.45, 2.75) is 76.6 Å². The maximum absolute atomic E-state index is 9.33. The minimum atomic E-state index is 0.101. The molecule has 2 nitrogen and oxygen atoms in total. The Labute approximate surface area is 140 Å². The van der Waals surface area contributed by atoms with E-state index in [1.165, 1.54) is 5.57 Å². The summed E-state index contributed by atoms with van der Waals surface area (Å²) in [4.78, 5) is 4.51. The molecule has 0 saturated heterocycles. The smallest absolute Gasteiger partial charge is 0.114 e. The molecule has 2 unspecified atom stereocenters. The fraction of sp³-hybridized carbons (Fsp3) is 0.632. The van der Waals surface area contributed by atoms with Crippen molar-refractivity contribution in [2.24, 2.45) is 4.99 Å². The summed E-state index contributed by atoms with van der Waals surface area (Å²) in [6.45, 7) is 4.06. The first kappa shape index (κ1) is 18.8. The Morgan fingerprint density at radius 1 is 1.55 bits per heavy atom. The Kier molecular flexibility index (Phi) is 9.75. The molecule has 0 radical (unpaired) electrons. The highest BCUT2D eigenvalue weighted by Gasteiger charge is 2.07. The van der Waals surface area contributed by atoms with Crippen molar-refractivity contribution in [1.29, 1.82) is 0 Å². The van der Waals surface area contributed by atoms with Crippen LogP contribution in [0.5, 0.6) is 0 Å². The van der Waals surface area contributed by atoms with Crippen LogP contribution in [0.3, 0.4) is 0 Å². The van der Waals surface area contributed by atoms with Gasteiger partial charge in [-0.05, 0) is 50.2 Å². The van der Waals surface area contributed by atoms with E-state index in [0.29, 0.717) is 17.6 Å². The van der Waals surface area contributed by atoms with E-state index < -0.39 is 0 Å². The van der Waals surface area contributed by atoms with Gasteiger partial charge in [0.25, 0.3) is 0 Å². The molecule has 0 spiro atoms. The van der Waals surface area contributed by atoms with Gasteiger partial charge in [-0.15, -0.1) is 17.5 Å². The third-order valence-electron chi connectivity index (χ3n) is 3.73. The first-order valence-corrected chi connectivity index (χ1v) is 8.82. The van der Waals surface area contributed by atoms with Gasteiger partial charge in [-0.3, -0.25) is 4.99 Å². The van der Waals surface area contributed by atoms with Crippen LogP contribution in [0.4, 0.5) is 0 Å². The number of aliphatic imine (C=N–C) groups is 1. The zero-order chi connectivity index (χ0) is 16.2. The first-order valence-electron chi connectivity index (χ1n) is 8.38. The summed E-state index contributed by atoms with van der Waals surface area (Å²) in [5.74, 6) is 6.79. The number of hydrogen-bond acceptors (Lipinski definition) is 2. The highest BCUT2D eigenvalue weighted by atomic mass is 35.5. The highest BCUT2D eigenvalue weighted by Crippen LogP contribution is 2.17. The van der Waals surface area contributed by atoms with Crippen LogP contribution in [0, 0.1) is 11.8 Å². The van der Waals surface area contributed by atoms with E-state index in [1.807, 2.05) is 19.2 Å². The summed E-state index contributed by atoms with van der Waals surface area (Å²) >= 11 is 6.13. The largest absolute Gasteiger partial charge is 0.513 e. The quantitative estimate of drug-likeness (QED) is 0.269. The van der Waals surface area contributed by atoms with Crippen LogP contribution in [0.15, 0.2) is 28.5 Å². The van der Waals surface area contributed by atoms with Crippen LogP contribution in [0.2, 0.25) is 0 Å². The third kappa shape index (κ3) is 8.29. The third-order valence-corrected chi connectivity index (χ3v) is 4.26. The second-order valence-electron chi connectivity index (χ2n) is 5.62. The Bertz CT molecular complexity index is 468. The number of aliphatic hydroxyl groups is 1. The molecule has 0 aromatic rings. The van der Waals surface area contributed by atoms with Gasteiger partial charge in [0.05, 0.1) is 5.76 Å². The fourth-order valence-corrected chi connectivity index (χ4v) is 2.36. The number of halogens is 1. The number of rotatable bonds is 8. The average Bonchev–Trinajstić information content (AvgIpc) is 2.55. The number of unbranched alkanes of at least 4 members (excludes halogenated alkanes) is 1. The van der Waals surface area contributed by atoms with Crippen LogP contribution < -0.4 is 0 Å². The van der Waals surface area contributed by atoms with E-state index in [9.17, 15) is 5.11 Å². The van der Waals surface area contributed by atoms with Crippen molar-refractivity contribution >= 4 is 17.8 Å². The molecule has 0 aliphatic carbocycles. The molecule has 1 heterocycles. The van der Waals surface area contributed by atoms with E-state index in [2.05, 4.69) is 29.8 Å². The minimum Gasteiger partial charge on any atom is -0.513 e. The predicted molar refractivity (Wildman–Crippen MR) is 96.8 cm³/mol. The maximum Gasteiger partial charge on any atom is 0.114 e. The molecule has 3 heteroatoms. The summed E-state index contributed by atoms with van der Waals surface area (Å²) in [7, 11) is 0. The Hall–Kier alpha value is -1.20. The molecular formula is C19H28ClNO. The number of aliphatic hydroxyl groups excluding tert-OH is 1. The second kappa shape index (κ2) is 11.4. The lowest BCUT2D eigenvalue weighted by atomic mass is 10.0. The van der Waals surface area contributed by atoms with Gasteiger partial charge in [0.1, 0.15) is 6.04 Å². The summed E-state index contributed by atoms with van der Waals surface area (Å²) in [5, 5.41) is 9.64. The highest BCUT2D eigenvalue weighted by molar-refractivity contribution is 6.20. The standard InChI is InChI=1S/C19H28ClNO/c1-3-17(20)10-8-9-16-13-14-18(21-15-16)11-6-5-7-12-19(22)4-2/h12-13,15,17-18,22H,3-5,7-10,14H2,1-2H3/b19-12+. The zero-order valence-corrected chi connectivity index (χ0v) is 14.6. The molecule has 1 N–H and O–H groups in total. The normalized spacial score (nSPS) is 19.3. The zero-order valence-electron chi connectivity index (χ0n) is 13.8. The second-order valence-corrected chi connectivity index (χ2v) is 6.23. The van der Waals surface area contributed by atoms with Crippen molar-refractivity contribution in [2.75, 3.05) is 0 Å². The number of nitrogens with zero attached hydrogens (tertiary/aromatic N) is 1. The lowest BCUT2D eigenvalue weighted by Gasteiger charge is -2.11. The number of hydrogen-bond donors (Lipinski definition) is 1. The van der Waals surface area contributed by atoms with Gasteiger partial charge in [-0.2, -0.15) is 0 Å². The molecular weight excluding hydrogens is 294 g/mol. The molecule has 0 aromatic heterocycles. The number of allylic oxidation sites excluding steroid dienone is 3. The van der Waals surface area contributed by atoms with Gasteiger partial charge in [0, 0.05) is 24.4 Å². The molecule has 0 saturated carbocycles. The van der Waals surface area contributed by atoms with E-state index in [1.54, 1.807) is 0 Å². The topological polar surface area (TPSA) is 32.6 Å². The number of alkyl halides is 1. The molecule has 2 atom stereocenters. The van der Waals surface area contributed by atoms with Crippen molar-refractivity contribution < 1.29 is 5.11 Å². The Morgan fingerprint density at radius 3 is 3.00 bits per heavy atom. The van der Waals surface area contributed by atoms with Crippen LogP contribution in [-0.2, 0) is 0 Å². The minimum absolute atomic E-state index is 0.101. The monoisotopic (exact) mass is 321 g/mol. The summed E-state index contributed by atoms with van der Waals surface area (Å²) in [6.07, 6.45) is 13.6. The SMILES string of the molecule is CC/C(O)=C\CCC#CC1CC=C(CCCC(Cl)CC)C=N1. The summed E-state index contributed by atoms with van der Waals surface area (Å²) in [5.41, 5.74) is 1.31. The molecule has 22 heavy (non-hydrogen) atoms. The maximum atomic E-state index is 9.33. The van der Waals surface area contributed by atoms with Crippen molar-refractivity contribution in [1.82, 2.24) is 0 Å². The van der Waals surface area contributed by atoms with Crippen molar-refractivity contribution in [3.8, 4) is 11.8 Å². The van der Waals surface area contributed by atoms with Gasteiger partial charge in [-0.25, -0.2) is 0 Å². The van der Waals surface area contributed by atoms with E-state index >= 15 is 0 Å². The van der Waals surface area contributed by atoms with Gasteiger partial charge in [-0.1, -0.05) is 25.8 Å². The lowest BCUT2D eigenvalue weighted by Crippen LogP contribution is -2.06.